The Labute approximate surface area is 146 Å². The van der Waals surface area contributed by atoms with E-state index in [-0.39, 0.29) is 5.97 Å². The number of methoxy groups -OCH3 is 1. The number of nitrogens with one attached hydrogen (secondary N) is 2. The van der Waals surface area contributed by atoms with Gasteiger partial charge >= 0.3 is 5.97 Å². The van der Waals surface area contributed by atoms with E-state index in [0.717, 1.165) is 41.7 Å². The number of carbonyl (C=O) groups excluding carboxylic acids is 1. The third-order valence-corrected chi connectivity index (χ3v) is 4.90. The van der Waals surface area contributed by atoms with Crippen molar-refractivity contribution in [3.8, 4) is 11.1 Å². The van der Waals surface area contributed by atoms with Gasteiger partial charge in [-0.25, -0.2) is 4.79 Å². The molecule has 0 radical (unpaired) electrons. The summed E-state index contributed by atoms with van der Waals surface area (Å²) in [5, 5.41) is 8.91. The number of carbonyl (C=O) groups is 1. The van der Waals surface area contributed by atoms with Crippen LogP contribution < -0.4 is 5.32 Å². The molecule has 1 aliphatic rings. The number of esters is 1. The molecule has 3 heterocycles. The van der Waals surface area contributed by atoms with Gasteiger partial charge in [-0.3, -0.25) is 4.68 Å². The Hall–Kier alpha value is -2.60. The highest BCUT2D eigenvalue weighted by atomic mass is 16.5. The van der Waals surface area contributed by atoms with Crippen LogP contribution >= 0.6 is 0 Å². The average molecular weight is 338 g/mol. The number of H-pyrrole nitrogens is 1. The van der Waals surface area contributed by atoms with Gasteiger partial charge in [0.15, 0.2) is 0 Å². The van der Waals surface area contributed by atoms with Crippen molar-refractivity contribution in [1.82, 2.24) is 20.1 Å². The van der Waals surface area contributed by atoms with Crippen LogP contribution in [0, 0.1) is 5.92 Å². The fourth-order valence-electron chi connectivity index (χ4n) is 3.47. The first-order valence-electron chi connectivity index (χ1n) is 8.67. The quantitative estimate of drug-likeness (QED) is 0.718. The second-order valence-electron chi connectivity index (χ2n) is 6.62. The van der Waals surface area contributed by atoms with Crippen molar-refractivity contribution in [2.45, 2.75) is 19.4 Å². The fraction of sp³-hybridized carbons (Fsp3) is 0.368. The maximum Gasteiger partial charge on any atom is 0.354 e. The summed E-state index contributed by atoms with van der Waals surface area (Å²) < 4.78 is 6.81. The highest BCUT2D eigenvalue weighted by Crippen LogP contribution is 2.25. The maximum absolute atomic E-state index is 11.7. The van der Waals surface area contributed by atoms with E-state index in [2.05, 4.69) is 27.7 Å². The lowest BCUT2D eigenvalue weighted by Gasteiger charge is -2.22. The van der Waals surface area contributed by atoms with Gasteiger partial charge in [0.05, 0.1) is 13.3 Å². The minimum Gasteiger partial charge on any atom is -0.464 e. The predicted octanol–water partition coefficient (Wildman–Crippen LogP) is 2.82. The summed E-state index contributed by atoms with van der Waals surface area (Å²) in [7, 11) is 1.38. The summed E-state index contributed by atoms with van der Waals surface area (Å²) in [5.41, 5.74) is 3.56. The van der Waals surface area contributed by atoms with Crippen LogP contribution in [0.25, 0.3) is 22.0 Å². The summed E-state index contributed by atoms with van der Waals surface area (Å²) in [6.45, 7) is 3.18. The number of aromatic amines is 1. The van der Waals surface area contributed by atoms with Crippen LogP contribution in [0.15, 0.2) is 36.7 Å². The standard InChI is InChI=1S/C19H22N4O2/c1-25-19(24)18-9-15-3-2-14(8-17(15)22-18)16-10-21-23(12-16)11-13-4-6-20-7-5-13/h2-3,8-10,12-13,20,22H,4-7,11H2,1H3. The minimum absolute atomic E-state index is 0.354. The highest BCUT2D eigenvalue weighted by Gasteiger charge is 2.15. The topological polar surface area (TPSA) is 71.9 Å². The monoisotopic (exact) mass is 338 g/mol. The summed E-state index contributed by atoms with van der Waals surface area (Å²) in [6.07, 6.45) is 6.43. The van der Waals surface area contributed by atoms with Crippen molar-refractivity contribution in [2.24, 2.45) is 5.92 Å². The molecule has 2 N–H and O–H groups in total. The van der Waals surface area contributed by atoms with Crippen molar-refractivity contribution in [3.63, 3.8) is 0 Å². The number of fused-ring (bicyclic) bond motifs is 1. The molecule has 0 unspecified atom stereocenters. The van der Waals surface area contributed by atoms with E-state index in [4.69, 9.17) is 4.74 Å². The summed E-state index contributed by atoms with van der Waals surface area (Å²) in [5.74, 6) is 0.343. The Morgan fingerprint density at radius 1 is 1.28 bits per heavy atom. The molecular formula is C19H22N4O2. The number of nitrogens with zero attached hydrogens (tertiary/aromatic N) is 2. The smallest absolute Gasteiger partial charge is 0.354 e. The molecule has 130 valence electrons. The van der Waals surface area contributed by atoms with Crippen molar-refractivity contribution >= 4 is 16.9 Å². The molecule has 0 aliphatic carbocycles. The predicted molar refractivity (Wildman–Crippen MR) is 96.5 cm³/mol. The van der Waals surface area contributed by atoms with Crippen LogP contribution in [-0.2, 0) is 11.3 Å². The van der Waals surface area contributed by atoms with Gasteiger partial charge < -0.3 is 15.0 Å². The van der Waals surface area contributed by atoms with E-state index in [1.807, 2.05) is 29.1 Å². The fourth-order valence-corrected chi connectivity index (χ4v) is 3.47. The molecule has 3 aromatic rings. The molecule has 1 aromatic carbocycles. The molecule has 25 heavy (non-hydrogen) atoms. The third kappa shape index (κ3) is 3.30. The number of benzene rings is 1. The summed E-state index contributed by atoms with van der Waals surface area (Å²) in [4.78, 5) is 14.8. The molecule has 0 atom stereocenters. The van der Waals surface area contributed by atoms with Crippen molar-refractivity contribution < 1.29 is 9.53 Å². The number of rotatable bonds is 4. The van der Waals surface area contributed by atoms with Gasteiger partial charge in [0.1, 0.15) is 5.69 Å². The number of piperidine rings is 1. The number of ether oxygens (including phenoxy) is 1. The Balaban J connectivity index is 1.55. The SMILES string of the molecule is COC(=O)c1cc2ccc(-c3cnn(CC4CCNCC4)c3)cc2[nH]1. The van der Waals surface area contributed by atoms with Gasteiger partial charge in [0.25, 0.3) is 0 Å². The van der Waals surface area contributed by atoms with Crippen LogP contribution in [0.3, 0.4) is 0 Å². The Morgan fingerprint density at radius 3 is 2.92 bits per heavy atom. The summed E-state index contributed by atoms with van der Waals surface area (Å²) in [6, 6.07) is 7.93. The number of hydrogen-bond donors (Lipinski definition) is 2. The van der Waals surface area contributed by atoms with Crippen LogP contribution in [0.1, 0.15) is 23.3 Å². The van der Waals surface area contributed by atoms with Crippen molar-refractivity contribution in [2.75, 3.05) is 20.2 Å². The number of aromatic nitrogens is 3. The van der Waals surface area contributed by atoms with Gasteiger partial charge in [0, 0.05) is 29.2 Å². The van der Waals surface area contributed by atoms with E-state index in [1.165, 1.54) is 20.0 Å². The molecule has 4 rings (SSSR count). The Bertz CT molecular complexity index is 890. The van der Waals surface area contributed by atoms with Gasteiger partial charge in [-0.05, 0) is 49.5 Å². The van der Waals surface area contributed by atoms with Crippen molar-refractivity contribution in [1.29, 1.82) is 0 Å². The van der Waals surface area contributed by atoms with E-state index < -0.39 is 0 Å². The first-order valence-corrected chi connectivity index (χ1v) is 8.67. The molecular weight excluding hydrogens is 316 g/mol. The molecule has 2 aromatic heterocycles. The van der Waals surface area contributed by atoms with Crippen LogP contribution in [-0.4, -0.2) is 40.9 Å². The summed E-state index contributed by atoms with van der Waals surface area (Å²) >= 11 is 0. The highest BCUT2D eigenvalue weighted by molar-refractivity contribution is 5.95. The van der Waals surface area contributed by atoms with Crippen molar-refractivity contribution in [3.05, 3.63) is 42.4 Å². The zero-order valence-corrected chi connectivity index (χ0v) is 14.3. The largest absolute Gasteiger partial charge is 0.464 e. The molecule has 0 bridgehead atoms. The third-order valence-electron chi connectivity index (χ3n) is 4.90. The first-order chi connectivity index (χ1) is 12.2. The van der Waals surface area contributed by atoms with E-state index in [1.54, 1.807) is 0 Å². The molecule has 0 amide bonds. The van der Waals surface area contributed by atoms with Crippen LogP contribution in [0.5, 0.6) is 0 Å². The Morgan fingerprint density at radius 2 is 2.12 bits per heavy atom. The molecule has 6 nitrogen and oxygen atoms in total. The zero-order chi connectivity index (χ0) is 17.2. The molecule has 1 fully saturated rings. The average Bonchev–Trinajstić information content (AvgIpc) is 3.28. The minimum atomic E-state index is -0.354. The molecule has 1 aliphatic heterocycles. The molecule has 1 saturated heterocycles. The Kier molecular flexibility index (Phi) is 4.28. The number of hydrogen-bond acceptors (Lipinski definition) is 4. The lowest BCUT2D eigenvalue weighted by atomic mass is 9.98. The first kappa shape index (κ1) is 15.9. The van der Waals surface area contributed by atoms with Gasteiger partial charge in [-0.1, -0.05) is 12.1 Å². The normalized spacial score (nSPS) is 15.6. The van der Waals surface area contributed by atoms with E-state index >= 15 is 0 Å². The maximum atomic E-state index is 11.7. The van der Waals surface area contributed by atoms with Gasteiger partial charge in [-0.2, -0.15) is 5.10 Å². The zero-order valence-electron chi connectivity index (χ0n) is 14.3. The van der Waals surface area contributed by atoms with Gasteiger partial charge in [0.2, 0.25) is 0 Å². The molecule has 0 saturated carbocycles. The second-order valence-corrected chi connectivity index (χ2v) is 6.62. The lowest BCUT2D eigenvalue weighted by Crippen LogP contribution is -2.29. The van der Waals surface area contributed by atoms with Crippen LogP contribution in [0.4, 0.5) is 0 Å². The second kappa shape index (κ2) is 6.72. The lowest BCUT2D eigenvalue weighted by molar-refractivity contribution is 0.0595. The van der Waals surface area contributed by atoms with E-state index in [9.17, 15) is 4.79 Å². The molecule has 0 spiro atoms. The van der Waals surface area contributed by atoms with Gasteiger partial charge in [-0.15, -0.1) is 0 Å². The van der Waals surface area contributed by atoms with Crippen LogP contribution in [0.2, 0.25) is 0 Å². The van der Waals surface area contributed by atoms with E-state index in [0.29, 0.717) is 11.6 Å². The molecule has 6 heteroatoms.